The molecule has 0 saturated heterocycles. The van der Waals surface area contributed by atoms with Gasteiger partial charge in [-0.05, 0) is 30.4 Å². The smallest absolute Gasteiger partial charge is 0.126 e. The molecule has 1 atom stereocenters. The molecule has 0 aromatic heterocycles. The van der Waals surface area contributed by atoms with Crippen LogP contribution in [0.2, 0.25) is 0 Å². The van der Waals surface area contributed by atoms with E-state index < -0.39 is 10.8 Å². The molecule has 1 aliphatic carbocycles. The summed E-state index contributed by atoms with van der Waals surface area (Å²) in [6.45, 7) is 0.789. The van der Waals surface area contributed by atoms with Gasteiger partial charge in [-0.3, -0.25) is 4.21 Å². The lowest BCUT2D eigenvalue weighted by Crippen LogP contribution is -2.41. The summed E-state index contributed by atoms with van der Waals surface area (Å²) >= 11 is 0. The van der Waals surface area contributed by atoms with Crippen LogP contribution < -0.4 is 5.32 Å². The fraction of sp³-hybridized carbons (Fsp3) is 0.538. The largest absolute Gasteiger partial charge is 0.313 e. The van der Waals surface area contributed by atoms with E-state index in [0.717, 1.165) is 24.9 Å². The van der Waals surface area contributed by atoms with Gasteiger partial charge in [0.1, 0.15) is 5.82 Å². The summed E-state index contributed by atoms with van der Waals surface area (Å²) in [5.41, 5.74) is 0.838. The molecule has 1 aromatic carbocycles. The Morgan fingerprint density at radius 3 is 2.76 bits per heavy atom. The minimum atomic E-state index is -0.731. The van der Waals surface area contributed by atoms with Gasteiger partial charge in [0.25, 0.3) is 0 Å². The Bertz CT molecular complexity index is 404. The van der Waals surface area contributed by atoms with Gasteiger partial charge in [-0.1, -0.05) is 18.2 Å². The van der Waals surface area contributed by atoms with E-state index in [2.05, 4.69) is 5.32 Å². The van der Waals surface area contributed by atoms with Gasteiger partial charge >= 0.3 is 0 Å². The third-order valence-corrected chi connectivity index (χ3v) is 4.08. The second-order valence-electron chi connectivity index (χ2n) is 4.62. The predicted molar refractivity (Wildman–Crippen MR) is 69.1 cm³/mol. The topological polar surface area (TPSA) is 29.1 Å². The van der Waals surface area contributed by atoms with Gasteiger partial charge in [-0.25, -0.2) is 4.39 Å². The molecule has 0 bridgehead atoms. The number of hydrogen-bond acceptors (Lipinski definition) is 2. The van der Waals surface area contributed by atoms with Gasteiger partial charge in [0.05, 0.1) is 0 Å². The van der Waals surface area contributed by atoms with Crippen molar-refractivity contribution in [2.24, 2.45) is 0 Å². The number of hydrogen-bond donors (Lipinski definition) is 1. The second kappa shape index (κ2) is 5.74. The average molecular weight is 255 g/mol. The number of halogens is 1. The van der Waals surface area contributed by atoms with Crippen LogP contribution in [0.1, 0.15) is 24.3 Å². The summed E-state index contributed by atoms with van der Waals surface area (Å²) in [4.78, 5) is 0. The first-order chi connectivity index (χ1) is 8.16. The molecule has 17 heavy (non-hydrogen) atoms. The Morgan fingerprint density at radius 2 is 2.12 bits per heavy atom. The van der Waals surface area contributed by atoms with Crippen LogP contribution in [0, 0.1) is 5.82 Å². The summed E-state index contributed by atoms with van der Waals surface area (Å²) in [6.07, 6.45) is 3.68. The van der Waals surface area contributed by atoms with Crippen molar-refractivity contribution in [3.05, 3.63) is 35.6 Å². The van der Waals surface area contributed by atoms with E-state index in [-0.39, 0.29) is 5.82 Å². The number of benzene rings is 1. The fourth-order valence-electron chi connectivity index (χ4n) is 2.25. The molecule has 2 nitrogen and oxygen atoms in total. The van der Waals surface area contributed by atoms with Gasteiger partial charge in [0, 0.05) is 35.4 Å². The van der Waals surface area contributed by atoms with Gasteiger partial charge in [0.2, 0.25) is 0 Å². The zero-order valence-electron chi connectivity index (χ0n) is 9.99. The van der Waals surface area contributed by atoms with Crippen LogP contribution in [0.15, 0.2) is 24.3 Å². The van der Waals surface area contributed by atoms with Crippen LogP contribution in [0.25, 0.3) is 0 Å². The van der Waals surface area contributed by atoms with E-state index in [1.165, 1.54) is 6.07 Å². The predicted octanol–water partition coefficient (Wildman–Crippen LogP) is 2.04. The summed E-state index contributed by atoms with van der Waals surface area (Å²) in [5.74, 6) is 0.951. The maximum Gasteiger partial charge on any atom is 0.126 e. The van der Waals surface area contributed by atoms with Crippen molar-refractivity contribution >= 4 is 10.8 Å². The van der Waals surface area contributed by atoms with Crippen molar-refractivity contribution in [2.45, 2.75) is 24.8 Å². The number of rotatable bonds is 5. The lowest BCUT2D eigenvalue weighted by atomic mass is 9.75. The van der Waals surface area contributed by atoms with Gasteiger partial charge in [0.15, 0.2) is 0 Å². The third-order valence-electron chi connectivity index (χ3n) is 3.31. The molecule has 0 heterocycles. The van der Waals surface area contributed by atoms with Crippen LogP contribution in [-0.2, 0) is 10.8 Å². The molecule has 1 aromatic rings. The first kappa shape index (κ1) is 12.7. The third kappa shape index (κ3) is 3.36. The molecule has 0 radical (unpaired) electrons. The highest BCUT2D eigenvalue weighted by Crippen LogP contribution is 2.37. The van der Waals surface area contributed by atoms with Crippen LogP contribution in [-0.4, -0.2) is 28.8 Å². The monoisotopic (exact) mass is 255 g/mol. The fourth-order valence-corrected chi connectivity index (χ4v) is 2.66. The minimum absolute atomic E-state index is 0.0920. The van der Waals surface area contributed by atoms with Gasteiger partial charge in [-0.15, -0.1) is 0 Å². The van der Waals surface area contributed by atoms with Crippen molar-refractivity contribution in [1.82, 2.24) is 5.32 Å². The second-order valence-corrected chi connectivity index (χ2v) is 6.17. The standard InChI is InChI=1S/C13H18FNOS/c1-17(16)7-6-15-11-8-10(9-11)12-4-2-3-5-13(12)14/h2-5,10-11,15H,6-9H2,1H3. The van der Waals surface area contributed by atoms with Gasteiger partial charge in [-0.2, -0.15) is 0 Å². The maximum absolute atomic E-state index is 13.5. The molecular weight excluding hydrogens is 237 g/mol. The van der Waals surface area contributed by atoms with Crippen LogP contribution >= 0.6 is 0 Å². The Morgan fingerprint density at radius 1 is 1.41 bits per heavy atom. The van der Waals surface area contributed by atoms with E-state index in [1.807, 2.05) is 12.1 Å². The lowest BCUT2D eigenvalue weighted by Gasteiger charge is -2.36. The zero-order valence-corrected chi connectivity index (χ0v) is 10.8. The van der Waals surface area contributed by atoms with E-state index in [1.54, 1.807) is 12.3 Å². The normalized spacial score (nSPS) is 25.3. The Balaban J connectivity index is 1.76. The minimum Gasteiger partial charge on any atom is -0.313 e. The van der Waals surface area contributed by atoms with Crippen LogP contribution in [0.5, 0.6) is 0 Å². The molecule has 0 aliphatic heterocycles. The van der Waals surface area contributed by atoms with Gasteiger partial charge < -0.3 is 5.32 Å². The van der Waals surface area contributed by atoms with Crippen molar-refractivity contribution in [1.29, 1.82) is 0 Å². The molecule has 1 unspecified atom stereocenters. The van der Waals surface area contributed by atoms with Crippen molar-refractivity contribution in [2.75, 3.05) is 18.6 Å². The highest BCUT2D eigenvalue weighted by Gasteiger charge is 2.31. The summed E-state index contributed by atoms with van der Waals surface area (Å²) in [5, 5.41) is 3.35. The molecule has 0 spiro atoms. The van der Waals surface area contributed by atoms with E-state index in [9.17, 15) is 8.60 Å². The van der Waals surface area contributed by atoms with Crippen LogP contribution in [0.3, 0.4) is 0 Å². The van der Waals surface area contributed by atoms with Crippen molar-refractivity contribution in [3.63, 3.8) is 0 Å². The van der Waals surface area contributed by atoms with E-state index >= 15 is 0 Å². The molecule has 1 fully saturated rings. The molecule has 4 heteroatoms. The maximum atomic E-state index is 13.5. The zero-order chi connectivity index (χ0) is 12.3. The van der Waals surface area contributed by atoms with Crippen molar-refractivity contribution in [3.8, 4) is 0 Å². The molecule has 1 aliphatic rings. The Kier molecular flexibility index (Phi) is 4.29. The molecular formula is C13H18FNOS. The quantitative estimate of drug-likeness (QED) is 0.872. The molecule has 0 amide bonds. The first-order valence-electron chi connectivity index (χ1n) is 5.94. The summed E-state index contributed by atoms with van der Waals surface area (Å²) in [6, 6.07) is 7.47. The lowest BCUT2D eigenvalue weighted by molar-refractivity contribution is 0.290. The Labute approximate surface area is 104 Å². The molecule has 2 rings (SSSR count). The number of nitrogens with one attached hydrogen (secondary N) is 1. The highest BCUT2D eigenvalue weighted by molar-refractivity contribution is 7.84. The average Bonchev–Trinajstić information content (AvgIpc) is 2.23. The molecule has 1 N–H and O–H groups in total. The summed E-state index contributed by atoms with van der Waals surface area (Å²) < 4.78 is 24.4. The van der Waals surface area contributed by atoms with E-state index in [4.69, 9.17) is 0 Å². The highest BCUT2D eigenvalue weighted by atomic mass is 32.2. The molecule has 94 valence electrons. The molecule has 1 saturated carbocycles. The summed E-state index contributed by atoms with van der Waals surface area (Å²) in [7, 11) is -0.731. The van der Waals surface area contributed by atoms with E-state index in [0.29, 0.717) is 17.7 Å². The Hall–Kier alpha value is -0.740. The first-order valence-corrected chi connectivity index (χ1v) is 7.67. The SMILES string of the molecule is CS(=O)CCNC1CC(c2ccccc2F)C1. The van der Waals surface area contributed by atoms with Crippen LogP contribution in [0.4, 0.5) is 4.39 Å². The van der Waals surface area contributed by atoms with Crippen molar-refractivity contribution < 1.29 is 8.60 Å².